The maximum absolute atomic E-state index is 13.0. The van der Waals surface area contributed by atoms with Gasteiger partial charge in [0, 0.05) is 48.5 Å². The maximum Gasteiger partial charge on any atom is 0.223 e. The van der Waals surface area contributed by atoms with Gasteiger partial charge in [-0.3, -0.25) is 4.79 Å². The molecule has 2 aromatic heterocycles. The first kappa shape index (κ1) is 25.6. The van der Waals surface area contributed by atoms with Gasteiger partial charge in [0.2, 0.25) is 5.91 Å². The zero-order valence-electron chi connectivity index (χ0n) is 21.9. The number of amides is 1. The van der Waals surface area contributed by atoms with E-state index in [0.29, 0.717) is 35.6 Å². The van der Waals surface area contributed by atoms with Crippen LogP contribution in [0.3, 0.4) is 0 Å². The Kier molecular flexibility index (Phi) is 7.72. The number of nitrogens with one attached hydrogen (secondary N) is 2. The molecule has 37 heavy (non-hydrogen) atoms. The van der Waals surface area contributed by atoms with Crippen LogP contribution in [0.1, 0.15) is 43.4 Å². The number of anilines is 2. The molecule has 3 aromatic rings. The van der Waals surface area contributed by atoms with Gasteiger partial charge < -0.3 is 24.8 Å². The number of hydrogen-bond acceptors (Lipinski definition) is 5. The first-order valence-electron chi connectivity index (χ1n) is 13.2. The number of pyridine rings is 1. The number of ether oxygens (including phenoxy) is 1. The minimum atomic E-state index is 0.295. The summed E-state index contributed by atoms with van der Waals surface area (Å²) in [6.45, 7) is 5.63. The molecule has 2 aliphatic rings. The Labute approximate surface area is 223 Å². The van der Waals surface area contributed by atoms with Gasteiger partial charge in [0.15, 0.2) is 0 Å². The summed E-state index contributed by atoms with van der Waals surface area (Å²) in [5, 5.41) is 5.14. The fourth-order valence-corrected chi connectivity index (χ4v) is 5.64. The summed E-state index contributed by atoms with van der Waals surface area (Å²) < 4.78 is 5.42. The van der Waals surface area contributed by atoms with Gasteiger partial charge >= 0.3 is 0 Å². The van der Waals surface area contributed by atoms with Crippen molar-refractivity contribution in [2.45, 2.75) is 39.0 Å². The first-order valence-corrected chi connectivity index (χ1v) is 13.5. The summed E-state index contributed by atoms with van der Waals surface area (Å²) in [6.07, 6.45) is 8.97. The van der Waals surface area contributed by atoms with Crippen LogP contribution in [-0.4, -0.2) is 66.0 Å². The number of rotatable bonds is 6. The number of aryl methyl sites for hydroxylation is 1. The minimum Gasteiger partial charge on any atom is -0.495 e. The summed E-state index contributed by atoms with van der Waals surface area (Å²) >= 11 is 6.34. The first-order chi connectivity index (χ1) is 17.9. The molecule has 2 N–H and O–H groups in total. The molecule has 0 spiro atoms. The Morgan fingerprint density at radius 1 is 1.24 bits per heavy atom. The van der Waals surface area contributed by atoms with Crippen LogP contribution in [0.5, 0.6) is 5.75 Å². The van der Waals surface area contributed by atoms with Crippen LogP contribution in [0.25, 0.3) is 16.6 Å². The van der Waals surface area contributed by atoms with Crippen LogP contribution >= 0.6 is 11.6 Å². The zero-order chi connectivity index (χ0) is 25.9. The number of H-pyrrole nitrogens is 1. The van der Waals surface area contributed by atoms with Gasteiger partial charge in [-0.15, -0.1) is 0 Å². The summed E-state index contributed by atoms with van der Waals surface area (Å²) in [7, 11) is 3.80. The zero-order valence-corrected chi connectivity index (χ0v) is 22.7. The number of carbonyl (C=O) groups excluding carboxylic acids is 1. The van der Waals surface area contributed by atoms with Crippen LogP contribution in [-0.2, 0) is 4.79 Å². The molecule has 0 saturated carbocycles. The molecule has 196 valence electrons. The summed E-state index contributed by atoms with van der Waals surface area (Å²) in [5.74, 6) is 1.45. The predicted molar refractivity (Wildman–Crippen MR) is 151 cm³/mol. The molecular formula is C29H36ClN5O2. The number of likely N-dealkylation sites (tertiary alicyclic amines) is 1. The van der Waals surface area contributed by atoms with Crippen molar-refractivity contribution in [3.05, 3.63) is 52.8 Å². The van der Waals surface area contributed by atoms with Gasteiger partial charge in [0.25, 0.3) is 0 Å². The maximum atomic E-state index is 13.0. The van der Waals surface area contributed by atoms with E-state index in [1.807, 2.05) is 30.0 Å². The number of hydrogen-bond donors (Lipinski definition) is 2. The van der Waals surface area contributed by atoms with E-state index < -0.39 is 0 Å². The smallest absolute Gasteiger partial charge is 0.223 e. The predicted octanol–water partition coefficient (Wildman–Crippen LogP) is 6.01. The monoisotopic (exact) mass is 521 g/mol. The van der Waals surface area contributed by atoms with Crippen molar-refractivity contribution in [2.24, 2.45) is 5.92 Å². The second-order valence-electron chi connectivity index (χ2n) is 10.4. The molecule has 0 aliphatic carbocycles. The highest BCUT2D eigenvalue weighted by molar-refractivity contribution is 6.33. The lowest BCUT2D eigenvalue weighted by molar-refractivity contribution is -0.131. The molecule has 0 radical (unpaired) electrons. The number of carbonyl (C=O) groups is 1. The molecule has 1 fully saturated rings. The van der Waals surface area contributed by atoms with E-state index in [4.69, 9.17) is 16.3 Å². The summed E-state index contributed by atoms with van der Waals surface area (Å²) in [5.41, 5.74) is 5.92. The van der Waals surface area contributed by atoms with E-state index in [1.54, 1.807) is 13.3 Å². The third-order valence-electron chi connectivity index (χ3n) is 7.69. The summed E-state index contributed by atoms with van der Waals surface area (Å²) in [6, 6.07) is 8.03. The molecule has 1 aromatic carbocycles. The number of benzene rings is 1. The van der Waals surface area contributed by atoms with Crippen molar-refractivity contribution in [3.63, 3.8) is 0 Å². The number of methoxy groups -OCH3 is 1. The number of fused-ring (bicyclic) bond motifs is 1. The number of nitrogens with zero attached hydrogens (tertiary/aromatic N) is 3. The van der Waals surface area contributed by atoms with Crippen LogP contribution in [0.2, 0.25) is 5.02 Å². The molecular weight excluding hydrogens is 486 g/mol. The molecule has 0 bridgehead atoms. The normalized spacial score (nSPS) is 19.0. The van der Waals surface area contributed by atoms with E-state index in [-0.39, 0.29) is 0 Å². The minimum absolute atomic E-state index is 0.295. The highest BCUT2D eigenvalue weighted by Gasteiger charge is 2.23. The van der Waals surface area contributed by atoms with Gasteiger partial charge in [-0.05, 0) is 88.0 Å². The number of aromatic amines is 1. The van der Waals surface area contributed by atoms with Crippen molar-refractivity contribution in [2.75, 3.05) is 45.7 Å². The van der Waals surface area contributed by atoms with Gasteiger partial charge in [0.05, 0.1) is 17.8 Å². The fraction of sp³-hybridized carbons (Fsp3) is 0.448. The Bertz CT molecular complexity index is 1320. The molecule has 2 aliphatic heterocycles. The Balaban J connectivity index is 1.28. The van der Waals surface area contributed by atoms with Crippen molar-refractivity contribution in [1.29, 1.82) is 0 Å². The van der Waals surface area contributed by atoms with E-state index in [0.717, 1.165) is 72.6 Å². The molecule has 5 rings (SSSR count). The molecule has 1 unspecified atom stereocenters. The Morgan fingerprint density at radius 2 is 2.11 bits per heavy atom. The molecule has 7 nitrogen and oxygen atoms in total. The van der Waals surface area contributed by atoms with Crippen molar-refractivity contribution in [1.82, 2.24) is 19.8 Å². The second kappa shape index (κ2) is 11.2. The SMILES string of the molecule is COc1cc(Nc2ccnc3[nH]c(C4=CCN(C(=O)CC5CCCN(C)CC5)CC4)cc23)cc(C)c1Cl. The standard InChI is InChI=1S/C29H36ClN5O2/c1-19-15-22(17-26(37-3)28(19)30)32-24-6-10-31-29-23(24)18-25(33-29)21-8-13-35(14-9-21)27(36)16-20-5-4-11-34(2)12-7-20/h6,8,10,15,17-18,20H,4-5,7,9,11-14,16H2,1-3H3,(H2,31,32,33). The molecule has 1 amide bonds. The number of halogens is 1. The van der Waals surface area contributed by atoms with Crippen molar-refractivity contribution in [3.8, 4) is 5.75 Å². The number of aromatic nitrogens is 2. The third-order valence-corrected chi connectivity index (χ3v) is 8.18. The quantitative estimate of drug-likeness (QED) is 0.415. The Hall–Kier alpha value is -3.03. The lowest BCUT2D eigenvalue weighted by Gasteiger charge is -2.28. The average Bonchev–Trinajstić information content (AvgIpc) is 3.24. The highest BCUT2D eigenvalue weighted by atomic mass is 35.5. The largest absolute Gasteiger partial charge is 0.495 e. The molecule has 1 saturated heterocycles. The second-order valence-corrected chi connectivity index (χ2v) is 10.7. The van der Waals surface area contributed by atoms with Crippen LogP contribution in [0, 0.1) is 12.8 Å². The topological polar surface area (TPSA) is 73.5 Å². The fourth-order valence-electron chi connectivity index (χ4n) is 5.45. The van der Waals surface area contributed by atoms with Crippen molar-refractivity contribution >= 4 is 45.5 Å². The highest BCUT2D eigenvalue weighted by Crippen LogP contribution is 2.35. The van der Waals surface area contributed by atoms with Crippen molar-refractivity contribution < 1.29 is 9.53 Å². The van der Waals surface area contributed by atoms with Crippen LogP contribution in [0.15, 0.2) is 36.5 Å². The van der Waals surface area contributed by atoms with E-state index in [1.165, 1.54) is 12.0 Å². The van der Waals surface area contributed by atoms with E-state index in [9.17, 15) is 4.79 Å². The lowest BCUT2D eigenvalue weighted by Crippen LogP contribution is -2.35. The van der Waals surface area contributed by atoms with Crippen LogP contribution < -0.4 is 10.1 Å². The average molecular weight is 522 g/mol. The van der Waals surface area contributed by atoms with Gasteiger partial charge in [-0.2, -0.15) is 0 Å². The van der Waals surface area contributed by atoms with E-state index in [2.05, 4.69) is 39.4 Å². The Morgan fingerprint density at radius 3 is 2.89 bits per heavy atom. The van der Waals surface area contributed by atoms with E-state index >= 15 is 0 Å². The lowest BCUT2D eigenvalue weighted by atomic mass is 9.95. The van der Waals surface area contributed by atoms with Gasteiger partial charge in [0.1, 0.15) is 11.4 Å². The van der Waals surface area contributed by atoms with Gasteiger partial charge in [-0.25, -0.2) is 4.98 Å². The molecule has 4 heterocycles. The molecule has 8 heteroatoms. The molecule has 1 atom stereocenters. The van der Waals surface area contributed by atoms with Crippen LogP contribution in [0.4, 0.5) is 11.4 Å². The third kappa shape index (κ3) is 5.78. The van der Waals surface area contributed by atoms with Gasteiger partial charge in [-0.1, -0.05) is 17.7 Å². The summed E-state index contributed by atoms with van der Waals surface area (Å²) in [4.78, 5) is 25.4.